The van der Waals surface area contributed by atoms with Crippen LogP contribution in [0.15, 0.2) is 83.4 Å². The van der Waals surface area contributed by atoms with Crippen molar-refractivity contribution in [3.05, 3.63) is 101 Å². The lowest BCUT2D eigenvalue weighted by Gasteiger charge is -2.19. The van der Waals surface area contributed by atoms with Crippen LogP contribution in [0.3, 0.4) is 0 Å². The number of rotatable bonds is 12. The summed E-state index contributed by atoms with van der Waals surface area (Å²) in [6.45, 7) is 1.81. The maximum absolute atomic E-state index is 12.6. The van der Waals surface area contributed by atoms with E-state index in [1.165, 1.54) is 0 Å². The quantitative estimate of drug-likeness (QED) is 0.221. The van der Waals surface area contributed by atoms with Crippen molar-refractivity contribution in [1.82, 2.24) is 14.6 Å². The Labute approximate surface area is 267 Å². The number of sulfonamides is 2. The Hall–Kier alpha value is -4.53. The number of nitrogens with zero attached hydrogens (tertiary/aromatic N) is 1. The third-order valence-electron chi connectivity index (χ3n) is 7.51. The fourth-order valence-electron chi connectivity index (χ4n) is 5.14. The van der Waals surface area contributed by atoms with Crippen LogP contribution in [0, 0.1) is 6.92 Å². The zero-order valence-electron chi connectivity index (χ0n) is 25.3. The average Bonchev–Trinajstić information content (AvgIpc) is 3.72. The van der Waals surface area contributed by atoms with E-state index in [9.17, 15) is 26.4 Å². The summed E-state index contributed by atoms with van der Waals surface area (Å²) in [5.74, 6) is -0.195. The zero-order valence-corrected chi connectivity index (χ0v) is 27.0. The van der Waals surface area contributed by atoms with Crippen molar-refractivity contribution in [3.8, 4) is 22.5 Å². The predicted molar refractivity (Wildman–Crippen MR) is 169 cm³/mol. The molecule has 1 saturated carbocycles. The van der Waals surface area contributed by atoms with Gasteiger partial charge in [-0.3, -0.25) is 9.52 Å². The van der Waals surface area contributed by atoms with E-state index in [1.54, 1.807) is 6.92 Å². The molecule has 2 amide bonds. The highest BCUT2D eigenvalue weighted by atomic mass is 32.2. The number of carbonyl (C=O) groups is 2. The second kappa shape index (κ2) is 13.1. The van der Waals surface area contributed by atoms with Crippen molar-refractivity contribution < 1.29 is 40.4 Å². The third-order valence-corrected chi connectivity index (χ3v) is 8.60. The first-order valence-electron chi connectivity index (χ1n) is 14.2. The van der Waals surface area contributed by atoms with Gasteiger partial charge in [-0.25, -0.2) is 26.4 Å². The summed E-state index contributed by atoms with van der Waals surface area (Å²) in [5, 5.41) is 4.09. The topological polar surface area (TPSA) is 171 Å². The number of aromatic nitrogens is 1. The molecule has 0 saturated heterocycles. The van der Waals surface area contributed by atoms with E-state index in [1.807, 2.05) is 83.6 Å². The van der Waals surface area contributed by atoms with Crippen LogP contribution in [0.25, 0.3) is 22.5 Å². The molecule has 0 aliphatic heterocycles. The monoisotopic (exact) mass is 667 g/mol. The van der Waals surface area contributed by atoms with Crippen LogP contribution in [0.1, 0.15) is 41.3 Å². The first-order chi connectivity index (χ1) is 21.7. The fourth-order valence-corrected chi connectivity index (χ4v) is 6.02. The van der Waals surface area contributed by atoms with Gasteiger partial charge in [0.2, 0.25) is 26.0 Å². The largest absolute Gasteiger partial charge is 0.438 e. The van der Waals surface area contributed by atoms with E-state index in [0.29, 0.717) is 35.4 Å². The molecule has 0 bridgehead atoms. The Morgan fingerprint density at radius 1 is 0.848 bits per heavy atom. The number of nitrogens with one attached hydrogen (secondary N) is 2. The molecular formula is C32H33N3O9S2. The fraction of sp³-hybridized carbons (Fsp3) is 0.281. The smallest absolute Gasteiger partial charge is 0.421 e. The molecule has 1 aliphatic rings. The molecule has 1 fully saturated rings. The highest BCUT2D eigenvalue weighted by molar-refractivity contribution is 7.89. The Morgan fingerprint density at radius 3 is 1.98 bits per heavy atom. The molecule has 1 aromatic heterocycles. The van der Waals surface area contributed by atoms with Crippen molar-refractivity contribution in [1.29, 1.82) is 0 Å². The van der Waals surface area contributed by atoms with E-state index in [-0.39, 0.29) is 13.2 Å². The van der Waals surface area contributed by atoms with Crippen LogP contribution in [0.5, 0.6) is 0 Å². The van der Waals surface area contributed by atoms with Gasteiger partial charge in [0.25, 0.3) is 0 Å². The predicted octanol–water partition coefficient (Wildman–Crippen LogP) is 4.37. The number of hydrogen-bond acceptors (Lipinski definition) is 10. The van der Waals surface area contributed by atoms with E-state index < -0.39 is 43.6 Å². The molecule has 1 atom stereocenters. The number of hydrogen-bond donors (Lipinski definition) is 2. The van der Waals surface area contributed by atoms with Crippen LogP contribution in [-0.4, -0.2) is 53.1 Å². The highest BCUT2D eigenvalue weighted by Gasteiger charge is 2.52. The lowest BCUT2D eigenvalue weighted by atomic mass is 9.93. The molecule has 0 radical (unpaired) electrons. The second-order valence-electron chi connectivity index (χ2n) is 11.2. The average molecular weight is 668 g/mol. The summed E-state index contributed by atoms with van der Waals surface area (Å²) in [4.78, 5) is 25.1. The van der Waals surface area contributed by atoms with Crippen molar-refractivity contribution in [2.45, 2.75) is 37.9 Å². The molecule has 4 aromatic rings. The lowest BCUT2D eigenvalue weighted by molar-refractivity contribution is -0.121. The highest BCUT2D eigenvalue weighted by Crippen LogP contribution is 2.49. The molecule has 242 valence electrons. The molecule has 12 nitrogen and oxygen atoms in total. The van der Waals surface area contributed by atoms with Gasteiger partial charge in [-0.2, -0.15) is 0 Å². The molecule has 0 spiro atoms. The molecule has 5 rings (SSSR count). The first kappa shape index (κ1) is 32.9. The third kappa shape index (κ3) is 8.00. The molecular weight excluding hydrogens is 634 g/mol. The van der Waals surface area contributed by atoms with Gasteiger partial charge in [-0.05, 0) is 42.0 Å². The van der Waals surface area contributed by atoms with Crippen molar-refractivity contribution in [3.63, 3.8) is 0 Å². The zero-order chi connectivity index (χ0) is 33.1. The van der Waals surface area contributed by atoms with Gasteiger partial charge in [0.15, 0.2) is 11.9 Å². The van der Waals surface area contributed by atoms with E-state index in [0.717, 1.165) is 34.8 Å². The molecule has 1 unspecified atom stereocenters. The van der Waals surface area contributed by atoms with Gasteiger partial charge >= 0.3 is 6.09 Å². The summed E-state index contributed by atoms with van der Waals surface area (Å²) >= 11 is 0. The molecule has 1 heterocycles. The summed E-state index contributed by atoms with van der Waals surface area (Å²) < 4.78 is 67.4. The van der Waals surface area contributed by atoms with Crippen LogP contribution in [-0.2, 0) is 46.3 Å². The molecule has 3 aromatic carbocycles. The standard InChI is InChI=1S/C32H33N3O9S2/c1-21-28(27(43-31(37)35-46(3,40)41)20-42-19-22-7-5-4-6-8-22)29(44-33-21)25-11-9-23(10-12-25)24-13-15-26(16-14-24)32(17-18-32)30(36)34-45(2,38)39/h4-16,27H,17-20H2,1-3H3,(H,34,36)(H,35,37). The normalized spacial score (nSPS) is 14.7. The lowest BCUT2D eigenvalue weighted by Crippen LogP contribution is -2.38. The van der Waals surface area contributed by atoms with Crippen molar-refractivity contribution in [2.24, 2.45) is 0 Å². The Kier molecular flexibility index (Phi) is 9.33. The Morgan fingerprint density at radius 2 is 1.41 bits per heavy atom. The molecule has 2 N–H and O–H groups in total. The Bertz CT molecular complexity index is 1940. The van der Waals surface area contributed by atoms with E-state index >= 15 is 0 Å². The summed E-state index contributed by atoms with van der Waals surface area (Å²) in [6, 6.07) is 24.2. The number of amides is 2. The van der Waals surface area contributed by atoms with Crippen molar-refractivity contribution in [2.75, 3.05) is 19.1 Å². The van der Waals surface area contributed by atoms with Crippen LogP contribution in [0.4, 0.5) is 4.79 Å². The summed E-state index contributed by atoms with van der Waals surface area (Å²) in [7, 11) is -7.53. The van der Waals surface area contributed by atoms with Gasteiger partial charge in [0.1, 0.15) is 0 Å². The van der Waals surface area contributed by atoms with Gasteiger partial charge in [0.05, 0.1) is 42.4 Å². The second-order valence-corrected chi connectivity index (χ2v) is 14.7. The van der Waals surface area contributed by atoms with Crippen LogP contribution in [0.2, 0.25) is 0 Å². The summed E-state index contributed by atoms with van der Waals surface area (Å²) in [5.41, 5.74) is 4.04. The maximum Gasteiger partial charge on any atom is 0.421 e. The minimum Gasteiger partial charge on any atom is -0.438 e. The van der Waals surface area contributed by atoms with Crippen molar-refractivity contribution >= 4 is 32.0 Å². The van der Waals surface area contributed by atoms with E-state index in [4.69, 9.17) is 14.0 Å². The molecule has 14 heteroatoms. The number of aryl methyl sites for hydroxylation is 1. The Balaban J connectivity index is 1.36. The minimum absolute atomic E-state index is 0.102. The first-order valence-corrected chi connectivity index (χ1v) is 18.0. The molecule has 46 heavy (non-hydrogen) atoms. The van der Waals surface area contributed by atoms with Gasteiger partial charge < -0.3 is 14.0 Å². The maximum atomic E-state index is 12.6. The number of ether oxygens (including phenoxy) is 2. The SMILES string of the molecule is Cc1noc(-c2ccc(-c3ccc(C4(C(=O)NS(C)(=O)=O)CC4)cc3)cc2)c1C(COCc1ccccc1)OC(=O)NS(C)(=O)=O. The van der Waals surface area contributed by atoms with Gasteiger partial charge in [-0.1, -0.05) is 84.0 Å². The minimum atomic E-state index is -3.87. The van der Waals surface area contributed by atoms with Crippen LogP contribution < -0.4 is 9.44 Å². The number of benzene rings is 3. The molecule has 1 aliphatic carbocycles. The van der Waals surface area contributed by atoms with Crippen LogP contribution >= 0.6 is 0 Å². The van der Waals surface area contributed by atoms with Gasteiger partial charge in [0, 0.05) is 5.56 Å². The van der Waals surface area contributed by atoms with E-state index in [2.05, 4.69) is 9.88 Å². The summed E-state index contributed by atoms with van der Waals surface area (Å²) in [6.07, 6.45) is 0.731. The number of carbonyl (C=O) groups excluding carboxylic acids is 2. The van der Waals surface area contributed by atoms with Gasteiger partial charge in [-0.15, -0.1) is 0 Å².